The highest BCUT2D eigenvalue weighted by Crippen LogP contribution is 1.94. The summed E-state index contributed by atoms with van der Waals surface area (Å²) >= 11 is 0. The summed E-state index contributed by atoms with van der Waals surface area (Å²) in [4.78, 5) is 11.5. The van der Waals surface area contributed by atoms with E-state index in [1.165, 1.54) is 0 Å². The molecule has 4 nitrogen and oxygen atoms in total. The van der Waals surface area contributed by atoms with Crippen LogP contribution in [0.25, 0.3) is 0 Å². The molecule has 0 saturated carbocycles. The summed E-state index contributed by atoms with van der Waals surface area (Å²) in [5, 5.41) is 6.08. The lowest BCUT2D eigenvalue weighted by atomic mass is 10.2. The van der Waals surface area contributed by atoms with E-state index < -0.39 is 0 Å². The first kappa shape index (κ1) is 15.4. The van der Waals surface area contributed by atoms with Crippen molar-refractivity contribution < 1.29 is 9.53 Å². The van der Waals surface area contributed by atoms with Crippen molar-refractivity contribution in [1.29, 1.82) is 0 Å². The fraction of sp³-hybridized carbons (Fsp3) is 0.917. The van der Waals surface area contributed by atoms with Gasteiger partial charge in [0, 0.05) is 26.3 Å². The topological polar surface area (TPSA) is 50.4 Å². The Morgan fingerprint density at radius 1 is 1.38 bits per heavy atom. The molecule has 4 heteroatoms. The number of nitrogens with one attached hydrogen (secondary N) is 2. The summed E-state index contributed by atoms with van der Waals surface area (Å²) in [6.07, 6.45) is 2.13. The average Bonchev–Trinajstić information content (AvgIpc) is 2.18. The molecule has 0 radical (unpaired) electrons. The van der Waals surface area contributed by atoms with Crippen molar-refractivity contribution in [2.75, 3.05) is 26.8 Å². The number of rotatable bonds is 9. The van der Waals surface area contributed by atoms with Gasteiger partial charge in [-0.1, -0.05) is 20.3 Å². The van der Waals surface area contributed by atoms with Crippen LogP contribution in [0.2, 0.25) is 0 Å². The molecule has 0 aromatic heterocycles. The standard InChI is InChI=1S/C12H26N2O2/c1-5-6-11(3)14-12(15)8-13-7-10(2)9-16-4/h10-11,13H,5-9H2,1-4H3,(H,14,15). The molecule has 1 amide bonds. The monoisotopic (exact) mass is 230 g/mol. The van der Waals surface area contributed by atoms with E-state index in [1.54, 1.807) is 7.11 Å². The molecule has 16 heavy (non-hydrogen) atoms. The molecule has 96 valence electrons. The second-order valence-electron chi connectivity index (χ2n) is 4.45. The number of ether oxygens (including phenoxy) is 1. The zero-order valence-electron chi connectivity index (χ0n) is 11.0. The quantitative estimate of drug-likeness (QED) is 0.625. The van der Waals surface area contributed by atoms with Crippen molar-refractivity contribution in [2.45, 2.75) is 39.7 Å². The zero-order chi connectivity index (χ0) is 12.4. The van der Waals surface area contributed by atoms with Crippen molar-refractivity contribution >= 4 is 5.91 Å². The van der Waals surface area contributed by atoms with Gasteiger partial charge in [0.1, 0.15) is 0 Å². The van der Waals surface area contributed by atoms with Gasteiger partial charge in [0.25, 0.3) is 0 Å². The highest BCUT2D eigenvalue weighted by Gasteiger charge is 2.06. The number of amides is 1. The van der Waals surface area contributed by atoms with Crippen LogP contribution in [0, 0.1) is 5.92 Å². The van der Waals surface area contributed by atoms with Crippen LogP contribution in [-0.2, 0) is 9.53 Å². The maximum absolute atomic E-state index is 11.5. The van der Waals surface area contributed by atoms with E-state index in [9.17, 15) is 4.79 Å². The highest BCUT2D eigenvalue weighted by atomic mass is 16.5. The third kappa shape index (κ3) is 8.68. The smallest absolute Gasteiger partial charge is 0.234 e. The summed E-state index contributed by atoms with van der Waals surface area (Å²) in [6, 6.07) is 0.274. The average molecular weight is 230 g/mol. The molecule has 0 fully saturated rings. The van der Waals surface area contributed by atoms with Gasteiger partial charge in [0.2, 0.25) is 5.91 Å². The Hall–Kier alpha value is -0.610. The van der Waals surface area contributed by atoms with Crippen molar-refractivity contribution in [3.05, 3.63) is 0 Å². The van der Waals surface area contributed by atoms with Crippen molar-refractivity contribution in [3.63, 3.8) is 0 Å². The van der Waals surface area contributed by atoms with Crippen molar-refractivity contribution in [1.82, 2.24) is 10.6 Å². The summed E-state index contributed by atoms with van der Waals surface area (Å²) < 4.78 is 5.02. The fourth-order valence-electron chi connectivity index (χ4n) is 1.61. The van der Waals surface area contributed by atoms with E-state index in [-0.39, 0.29) is 11.9 Å². The molecule has 0 rings (SSSR count). The summed E-state index contributed by atoms with van der Waals surface area (Å²) in [6.45, 7) is 8.17. The van der Waals surface area contributed by atoms with Gasteiger partial charge in [-0.15, -0.1) is 0 Å². The lowest BCUT2D eigenvalue weighted by molar-refractivity contribution is -0.120. The van der Waals surface area contributed by atoms with Crippen LogP contribution in [0.5, 0.6) is 0 Å². The molecule has 2 unspecified atom stereocenters. The van der Waals surface area contributed by atoms with Crippen LogP contribution >= 0.6 is 0 Å². The second-order valence-corrected chi connectivity index (χ2v) is 4.45. The Kier molecular flexibility index (Phi) is 9.24. The molecular formula is C12H26N2O2. The van der Waals surface area contributed by atoms with Crippen LogP contribution in [0.1, 0.15) is 33.6 Å². The van der Waals surface area contributed by atoms with E-state index in [0.717, 1.165) is 26.0 Å². The van der Waals surface area contributed by atoms with Crippen LogP contribution < -0.4 is 10.6 Å². The van der Waals surface area contributed by atoms with Gasteiger partial charge in [-0.25, -0.2) is 0 Å². The molecule has 2 N–H and O–H groups in total. The number of carbonyl (C=O) groups excluding carboxylic acids is 1. The summed E-state index contributed by atoms with van der Waals surface area (Å²) in [5.74, 6) is 0.511. The SMILES string of the molecule is CCCC(C)NC(=O)CNCC(C)COC. The number of hydrogen-bond acceptors (Lipinski definition) is 3. The predicted octanol–water partition coefficient (Wildman–Crippen LogP) is 1.16. The normalized spacial score (nSPS) is 14.5. The van der Waals surface area contributed by atoms with Gasteiger partial charge in [-0.2, -0.15) is 0 Å². The van der Waals surface area contributed by atoms with Crippen LogP contribution in [0.3, 0.4) is 0 Å². The van der Waals surface area contributed by atoms with E-state index in [2.05, 4.69) is 24.5 Å². The molecular weight excluding hydrogens is 204 g/mol. The molecule has 0 bridgehead atoms. The Bertz CT molecular complexity index is 186. The van der Waals surface area contributed by atoms with Crippen LogP contribution in [0.4, 0.5) is 0 Å². The Balaban J connectivity index is 3.50. The molecule has 0 aliphatic heterocycles. The van der Waals surface area contributed by atoms with Gasteiger partial charge in [0.05, 0.1) is 6.54 Å². The Labute approximate surface area is 99.1 Å². The minimum Gasteiger partial charge on any atom is -0.384 e. The third-order valence-corrected chi connectivity index (χ3v) is 2.36. The van der Waals surface area contributed by atoms with E-state index in [1.807, 2.05) is 6.92 Å². The molecule has 0 aliphatic rings. The lowest BCUT2D eigenvalue weighted by Gasteiger charge is -2.14. The number of methoxy groups -OCH3 is 1. The van der Waals surface area contributed by atoms with E-state index in [0.29, 0.717) is 12.5 Å². The Morgan fingerprint density at radius 3 is 2.62 bits per heavy atom. The molecule has 0 aliphatic carbocycles. The summed E-state index contributed by atoms with van der Waals surface area (Å²) in [7, 11) is 1.69. The first-order chi connectivity index (χ1) is 7.60. The van der Waals surface area contributed by atoms with Crippen LogP contribution in [-0.4, -0.2) is 38.8 Å². The van der Waals surface area contributed by atoms with Gasteiger partial charge < -0.3 is 15.4 Å². The maximum Gasteiger partial charge on any atom is 0.234 e. The van der Waals surface area contributed by atoms with Gasteiger partial charge >= 0.3 is 0 Å². The summed E-state index contributed by atoms with van der Waals surface area (Å²) in [5.41, 5.74) is 0. The minimum atomic E-state index is 0.0746. The zero-order valence-corrected chi connectivity index (χ0v) is 11.0. The maximum atomic E-state index is 11.5. The highest BCUT2D eigenvalue weighted by molar-refractivity contribution is 5.78. The van der Waals surface area contributed by atoms with Crippen molar-refractivity contribution in [2.24, 2.45) is 5.92 Å². The fourth-order valence-corrected chi connectivity index (χ4v) is 1.61. The van der Waals surface area contributed by atoms with Crippen molar-refractivity contribution in [3.8, 4) is 0 Å². The van der Waals surface area contributed by atoms with Gasteiger partial charge in [-0.05, 0) is 19.3 Å². The third-order valence-electron chi connectivity index (χ3n) is 2.36. The largest absolute Gasteiger partial charge is 0.384 e. The predicted molar refractivity (Wildman–Crippen MR) is 66.4 cm³/mol. The molecule has 0 aromatic rings. The Morgan fingerprint density at radius 2 is 2.06 bits per heavy atom. The van der Waals surface area contributed by atoms with Gasteiger partial charge in [0.15, 0.2) is 0 Å². The van der Waals surface area contributed by atoms with Crippen LogP contribution in [0.15, 0.2) is 0 Å². The minimum absolute atomic E-state index is 0.0746. The molecule has 0 saturated heterocycles. The van der Waals surface area contributed by atoms with E-state index >= 15 is 0 Å². The molecule has 2 atom stereocenters. The first-order valence-electron chi connectivity index (χ1n) is 6.09. The molecule has 0 aromatic carbocycles. The lowest BCUT2D eigenvalue weighted by Crippen LogP contribution is -2.40. The number of carbonyl (C=O) groups is 1. The first-order valence-corrected chi connectivity index (χ1v) is 6.09. The number of hydrogen-bond donors (Lipinski definition) is 2. The van der Waals surface area contributed by atoms with E-state index in [4.69, 9.17) is 4.74 Å². The second kappa shape index (κ2) is 9.60. The molecule has 0 spiro atoms. The van der Waals surface area contributed by atoms with Gasteiger partial charge in [-0.3, -0.25) is 4.79 Å². The molecule has 0 heterocycles.